The Morgan fingerprint density at radius 3 is 1.85 bits per heavy atom. The maximum atomic E-state index is 4.90. The highest BCUT2D eigenvalue weighted by Gasteiger charge is 2.39. The number of likely N-dealkylation sites (tertiary alicyclic amines) is 1. The fourth-order valence-electron chi connectivity index (χ4n) is 6.44. The molecular weight excluding hydrogens is 406 g/mol. The molecule has 4 aliphatic rings. The first kappa shape index (κ1) is 21.3. The van der Waals surface area contributed by atoms with Crippen LogP contribution in [0.3, 0.4) is 0 Å². The van der Waals surface area contributed by atoms with E-state index in [9.17, 15) is 0 Å². The Hall–Kier alpha value is -2.27. The Balaban J connectivity index is 1.000. The number of benzene rings is 1. The van der Waals surface area contributed by atoms with E-state index < -0.39 is 0 Å². The van der Waals surface area contributed by atoms with Crippen LogP contribution in [0.5, 0.6) is 0 Å². The summed E-state index contributed by atoms with van der Waals surface area (Å²) in [6, 6.07) is 16.3. The van der Waals surface area contributed by atoms with Crippen LogP contribution in [0.2, 0.25) is 0 Å². The third-order valence-electron chi connectivity index (χ3n) is 9.10. The van der Waals surface area contributed by atoms with Crippen molar-refractivity contribution in [1.29, 1.82) is 0 Å². The highest BCUT2D eigenvalue weighted by Crippen LogP contribution is 2.43. The van der Waals surface area contributed by atoms with Crippen molar-refractivity contribution in [1.82, 2.24) is 9.88 Å². The minimum Gasteiger partial charge on any atom is -0.368 e. The molecule has 0 radical (unpaired) electrons. The second kappa shape index (κ2) is 9.17. The molecular formula is C28H39N5. The van der Waals surface area contributed by atoms with Crippen molar-refractivity contribution in [3.8, 4) is 0 Å². The van der Waals surface area contributed by atoms with Crippen LogP contribution in [-0.2, 0) is 0 Å². The van der Waals surface area contributed by atoms with Gasteiger partial charge in [0.25, 0.3) is 0 Å². The van der Waals surface area contributed by atoms with E-state index in [0.29, 0.717) is 5.41 Å². The molecule has 176 valence electrons. The topological polar surface area (TPSA) is 25.9 Å². The third kappa shape index (κ3) is 4.44. The molecule has 1 saturated carbocycles. The van der Waals surface area contributed by atoms with E-state index in [-0.39, 0.29) is 0 Å². The quantitative estimate of drug-likeness (QED) is 0.683. The maximum absolute atomic E-state index is 4.90. The predicted molar refractivity (Wildman–Crippen MR) is 137 cm³/mol. The van der Waals surface area contributed by atoms with Gasteiger partial charge in [0, 0.05) is 51.0 Å². The lowest BCUT2D eigenvalue weighted by molar-refractivity contribution is 0.0305. The zero-order valence-corrected chi connectivity index (χ0v) is 20.0. The summed E-state index contributed by atoms with van der Waals surface area (Å²) in [5.41, 5.74) is 3.21. The molecule has 1 aromatic carbocycles. The molecule has 4 heterocycles. The van der Waals surface area contributed by atoms with Crippen LogP contribution in [0.1, 0.15) is 44.9 Å². The average Bonchev–Trinajstić information content (AvgIpc) is 2.86. The summed E-state index contributed by atoms with van der Waals surface area (Å²) in [4.78, 5) is 15.2. The number of rotatable bonds is 4. The van der Waals surface area contributed by atoms with Crippen LogP contribution >= 0.6 is 0 Å². The van der Waals surface area contributed by atoms with Gasteiger partial charge in [-0.15, -0.1) is 0 Å². The number of hydrogen-bond acceptors (Lipinski definition) is 5. The van der Waals surface area contributed by atoms with Crippen molar-refractivity contribution in [2.24, 2.45) is 5.41 Å². The Morgan fingerprint density at radius 1 is 0.636 bits per heavy atom. The van der Waals surface area contributed by atoms with Crippen LogP contribution < -0.4 is 14.7 Å². The molecule has 0 N–H and O–H groups in total. The SMILES string of the molecule is c1ccc(N2CCN(c3ccc(N4CCC5(CC4)CCN(C4CCC4)CC5)nc3)CC2)cc1. The number of piperazine rings is 1. The number of pyridine rings is 1. The molecule has 0 atom stereocenters. The first-order valence-electron chi connectivity index (χ1n) is 13.3. The lowest BCUT2D eigenvalue weighted by Crippen LogP contribution is -2.51. The standard InChI is InChI=1S/C28H39N5/c1-2-5-24(6-3-1)31-19-21-32(22-20-31)26-9-10-27(29-23-26)33-17-13-28(14-18-33)11-15-30(16-12-28)25-7-4-8-25/h1-3,5-6,9-10,23,25H,4,7-8,11-22H2. The van der Waals surface area contributed by atoms with Crippen molar-refractivity contribution >= 4 is 17.2 Å². The van der Waals surface area contributed by atoms with Crippen LogP contribution in [0.15, 0.2) is 48.7 Å². The molecule has 6 rings (SSSR count). The van der Waals surface area contributed by atoms with E-state index >= 15 is 0 Å². The van der Waals surface area contributed by atoms with Crippen molar-refractivity contribution < 1.29 is 0 Å². The number of nitrogens with zero attached hydrogens (tertiary/aromatic N) is 5. The Labute approximate surface area is 199 Å². The van der Waals surface area contributed by atoms with E-state index in [1.165, 1.54) is 88.3 Å². The largest absolute Gasteiger partial charge is 0.368 e. The summed E-state index contributed by atoms with van der Waals surface area (Å²) < 4.78 is 0. The molecule has 0 amide bonds. The molecule has 1 aliphatic carbocycles. The van der Waals surface area contributed by atoms with Gasteiger partial charge < -0.3 is 19.6 Å². The van der Waals surface area contributed by atoms with Gasteiger partial charge in [0.2, 0.25) is 0 Å². The smallest absolute Gasteiger partial charge is 0.128 e. The van der Waals surface area contributed by atoms with Gasteiger partial charge in [-0.25, -0.2) is 4.98 Å². The minimum atomic E-state index is 0.606. The van der Waals surface area contributed by atoms with Gasteiger partial charge in [-0.3, -0.25) is 0 Å². The number of para-hydroxylation sites is 1. The average molecular weight is 446 g/mol. The van der Waals surface area contributed by atoms with Gasteiger partial charge in [0.15, 0.2) is 0 Å². The summed E-state index contributed by atoms with van der Waals surface area (Å²) in [5.74, 6) is 1.17. The van der Waals surface area contributed by atoms with Crippen molar-refractivity contribution in [2.45, 2.75) is 51.0 Å². The number of hydrogen-bond donors (Lipinski definition) is 0. The zero-order chi connectivity index (χ0) is 22.1. The molecule has 3 aliphatic heterocycles. The van der Waals surface area contributed by atoms with Gasteiger partial charge >= 0.3 is 0 Å². The van der Waals surface area contributed by atoms with Gasteiger partial charge in [-0.1, -0.05) is 24.6 Å². The zero-order valence-electron chi connectivity index (χ0n) is 20.0. The van der Waals surface area contributed by atoms with Crippen LogP contribution in [0.25, 0.3) is 0 Å². The van der Waals surface area contributed by atoms with E-state index in [2.05, 4.69) is 68.3 Å². The highest BCUT2D eigenvalue weighted by molar-refractivity contribution is 5.53. The summed E-state index contributed by atoms with van der Waals surface area (Å²) in [6.07, 6.45) is 12.0. The second-order valence-electron chi connectivity index (χ2n) is 10.8. The first-order valence-corrected chi connectivity index (χ1v) is 13.3. The Kier molecular flexibility index (Phi) is 5.91. The molecule has 1 aromatic heterocycles. The molecule has 3 saturated heterocycles. The van der Waals surface area contributed by atoms with Crippen LogP contribution in [0, 0.1) is 5.41 Å². The fourth-order valence-corrected chi connectivity index (χ4v) is 6.44. The second-order valence-corrected chi connectivity index (χ2v) is 10.8. The van der Waals surface area contributed by atoms with Gasteiger partial charge in [-0.05, 0) is 81.3 Å². The number of piperidine rings is 2. The summed E-state index contributed by atoms with van der Waals surface area (Å²) in [5, 5.41) is 0. The highest BCUT2D eigenvalue weighted by atomic mass is 15.3. The maximum Gasteiger partial charge on any atom is 0.128 e. The lowest BCUT2D eigenvalue weighted by atomic mass is 9.70. The first-order chi connectivity index (χ1) is 16.3. The van der Waals surface area contributed by atoms with Crippen molar-refractivity contribution in [3.63, 3.8) is 0 Å². The molecule has 2 aromatic rings. The normalized spacial score (nSPS) is 24.2. The van der Waals surface area contributed by atoms with E-state index in [0.717, 1.165) is 32.2 Å². The number of anilines is 3. The monoisotopic (exact) mass is 445 g/mol. The lowest BCUT2D eigenvalue weighted by Gasteiger charge is -2.50. The Morgan fingerprint density at radius 2 is 1.27 bits per heavy atom. The van der Waals surface area contributed by atoms with Crippen LogP contribution in [-0.4, -0.2) is 68.3 Å². The molecule has 0 bridgehead atoms. The summed E-state index contributed by atoms with van der Waals surface area (Å²) in [7, 11) is 0. The van der Waals surface area contributed by atoms with Gasteiger partial charge in [0.05, 0.1) is 11.9 Å². The molecule has 0 unspecified atom stereocenters. The van der Waals surface area contributed by atoms with Crippen molar-refractivity contribution in [3.05, 3.63) is 48.7 Å². The Bertz CT molecular complexity index is 884. The van der Waals surface area contributed by atoms with Gasteiger partial charge in [-0.2, -0.15) is 0 Å². The minimum absolute atomic E-state index is 0.606. The van der Waals surface area contributed by atoms with Crippen molar-refractivity contribution in [2.75, 3.05) is 67.1 Å². The molecule has 33 heavy (non-hydrogen) atoms. The fraction of sp³-hybridized carbons (Fsp3) is 0.607. The summed E-state index contributed by atoms with van der Waals surface area (Å²) >= 11 is 0. The summed E-state index contributed by atoms with van der Waals surface area (Å²) in [6.45, 7) is 9.28. The molecule has 4 fully saturated rings. The third-order valence-corrected chi connectivity index (χ3v) is 9.10. The van der Waals surface area contributed by atoms with E-state index in [1.807, 2.05) is 0 Å². The molecule has 1 spiro atoms. The number of aromatic nitrogens is 1. The predicted octanol–water partition coefficient (Wildman–Crippen LogP) is 4.64. The van der Waals surface area contributed by atoms with Crippen LogP contribution in [0.4, 0.5) is 17.2 Å². The van der Waals surface area contributed by atoms with E-state index in [4.69, 9.17) is 4.98 Å². The van der Waals surface area contributed by atoms with Gasteiger partial charge in [0.1, 0.15) is 5.82 Å². The van der Waals surface area contributed by atoms with E-state index in [1.54, 1.807) is 0 Å². The molecule has 5 heteroatoms. The molecule has 5 nitrogen and oxygen atoms in total.